The van der Waals surface area contributed by atoms with E-state index >= 15 is 0 Å². The molecule has 0 unspecified atom stereocenters. The molecule has 0 aliphatic heterocycles. The van der Waals surface area contributed by atoms with Crippen LogP contribution < -0.4 is 0 Å². The number of hydrogen-bond donors (Lipinski definition) is 0. The Balaban J connectivity index is 1.76. The summed E-state index contributed by atoms with van der Waals surface area (Å²) in [5.74, 6) is -1.07. The zero-order valence-corrected chi connectivity index (χ0v) is 16.2. The second kappa shape index (κ2) is 8.27. The van der Waals surface area contributed by atoms with Gasteiger partial charge < -0.3 is 9.47 Å². The molecule has 3 aromatic rings. The van der Waals surface area contributed by atoms with Gasteiger partial charge in [-0.1, -0.05) is 48.5 Å². The van der Waals surface area contributed by atoms with Gasteiger partial charge in [0.05, 0.1) is 23.4 Å². The Bertz CT molecular complexity index is 1100. The van der Waals surface area contributed by atoms with E-state index in [1.54, 1.807) is 6.92 Å². The van der Waals surface area contributed by atoms with Crippen molar-refractivity contribution in [3.05, 3.63) is 77.0 Å². The van der Waals surface area contributed by atoms with Crippen LogP contribution in [-0.4, -0.2) is 30.1 Å². The minimum Gasteiger partial charge on any atom is -0.463 e. The van der Waals surface area contributed by atoms with Crippen molar-refractivity contribution in [3.63, 3.8) is 0 Å². The average Bonchev–Trinajstić information content (AvgIpc) is 3.13. The van der Waals surface area contributed by atoms with Gasteiger partial charge in [-0.3, -0.25) is 0 Å². The van der Waals surface area contributed by atoms with Crippen LogP contribution >= 0.6 is 0 Å². The minimum atomic E-state index is -0.555. The number of allylic oxidation sites excluding steroid dienone is 1. The van der Waals surface area contributed by atoms with Crippen LogP contribution in [0.2, 0.25) is 0 Å². The quantitative estimate of drug-likeness (QED) is 0.606. The lowest BCUT2D eigenvalue weighted by Gasteiger charge is -2.12. The first kappa shape index (κ1) is 18.9. The predicted molar refractivity (Wildman–Crippen MR) is 111 cm³/mol. The first-order valence-electron chi connectivity index (χ1n) is 9.67. The zero-order valence-electron chi connectivity index (χ0n) is 16.2. The minimum absolute atomic E-state index is 0.248. The standard InChI is InChI=1S/C24H21NO4/c1-2-28-21(26)15-29-24(27)22-18-10-6-7-11-20(18)25-23-17(12-13-19(22)23)14-16-8-4-3-5-9-16/h3-11,14H,2,12-13,15H2,1H3/b17-14+. The molecule has 5 heteroatoms. The summed E-state index contributed by atoms with van der Waals surface area (Å²) < 4.78 is 10.1. The van der Waals surface area contributed by atoms with E-state index in [1.165, 1.54) is 0 Å². The molecule has 1 aliphatic carbocycles. The molecular weight excluding hydrogens is 366 g/mol. The highest BCUT2D eigenvalue weighted by atomic mass is 16.6. The molecule has 5 nitrogen and oxygen atoms in total. The van der Waals surface area contributed by atoms with Gasteiger partial charge in [0.25, 0.3) is 0 Å². The summed E-state index contributed by atoms with van der Waals surface area (Å²) in [7, 11) is 0. The van der Waals surface area contributed by atoms with Crippen LogP contribution in [0.5, 0.6) is 0 Å². The maximum absolute atomic E-state index is 12.9. The number of fused-ring (bicyclic) bond motifs is 2. The second-order valence-corrected chi connectivity index (χ2v) is 6.79. The topological polar surface area (TPSA) is 65.5 Å². The summed E-state index contributed by atoms with van der Waals surface area (Å²) in [5, 5.41) is 0.737. The number of aromatic nitrogens is 1. The van der Waals surface area contributed by atoms with E-state index in [9.17, 15) is 9.59 Å². The molecule has 0 atom stereocenters. The largest absolute Gasteiger partial charge is 0.463 e. The van der Waals surface area contributed by atoms with Crippen molar-refractivity contribution in [1.82, 2.24) is 4.98 Å². The van der Waals surface area contributed by atoms with Gasteiger partial charge in [-0.05, 0) is 48.6 Å². The smallest absolute Gasteiger partial charge is 0.344 e. The van der Waals surface area contributed by atoms with Gasteiger partial charge in [0.2, 0.25) is 0 Å². The molecule has 4 rings (SSSR count). The molecule has 0 N–H and O–H groups in total. The number of esters is 2. The lowest BCUT2D eigenvalue weighted by atomic mass is 10.0. The Hall–Kier alpha value is -3.47. The molecule has 29 heavy (non-hydrogen) atoms. The van der Waals surface area contributed by atoms with Crippen LogP contribution in [0, 0.1) is 0 Å². The fraction of sp³-hybridized carbons (Fsp3) is 0.208. The van der Waals surface area contributed by atoms with Crippen molar-refractivity contribution in [2.45, 2.75) is 19.8 Å². The molecule has 0 fully saturated rings. The van der Waals surface area contributed by atoms with Crippen molar-refractivity contribution in [2.75, 3.05) is 13.2 Å². The van der Waals surface area contributed by atoms with Gasteiger partial charge in [0.1, 0.15) is 0 Å². The number of ether oxygens (including phenoxy) is 2. The third kappa shape index (κ3) is 3.90. The van der Waals surface area contributed by atoms with Crippen LogP contribution in [0.25, 0.3) is 22.6 Å². The number of carbonyl (C=O) groups is 2. The highest BCUT2D eigenvalue weighted by molar-refractivity contribution is 6.07. The van der Waals surface area contributed by atoms with E-state index in [-0.39, 0.29) is 6.61 Å². The van der Waals surface area contributed by atoms with Crippen molar-refractivity contribution < 1.29 is 19.1 Å². The Kier molecular flexibility index (Phi) is 5.38. The van der Waals surface area contributed by atoms with E-state index < -0.39 is 18.5 Å². The van der Waals surface area contributed by atoms with E-state index in [2.05, 4.69) is 6.08 Å². The first-order valence-corrected chi connectivity index (χ1v) is 9.67. The molecular formula is C24H21NO4. The summed E-state index contributed by atoms with van der Waals surface area (Å²) in [6.45, 7) is 1.56. The Morgan fingerprint density at radius 3 is 2.55 bits per heavy atom. The van der Waals surface area contributed by atoms with Gasteiger partial charge in [0, 0.05) is 5.39 Å². The number of rotatable bonds is 5. The number of nitrogens with zero attached hydrogens (tertiary/aromatic N) is 1. The number of carbonyl (C=O) groups excluding carboxylic acids is 2. The molecule has 1 aliphatic rings. The van der Waals surface area contributed by atoms with Crippen LogP contribution in [-0.2, 0) is 20.7 Å². The molecule has 1 heterocycles. The van der Waals surface area contributed by atoms with Crippen molar-refractivity contribution in [3.8, 4) is 0 Å². The lowest BCUT2D eigenvalue weighted by molar-refractivity contribution is -0.146. The fourth-order valence-electron chi connectivity index (χ4n) is 3.66. The summed E-state index contributed by atoms with van der Waals surface area (Å²) in [5.41, 5.74) is 5.12. The number of hydrogen-bond acceptors (Lipinski definition) is 5. The van der Waals surface area contributed by atoms with Crippen molar-refractivity contribution >= 4 is 34.5 Å². The van der Waals surface area contributed by atoms with Gasteiger partial charge >= 0.3 is 11.9 Å². The van der Waals surface area contributed by atoms with Gasteiger partial charge in [-0.25, -0.2) is 14.6 Å². The summed E-state index contributed by atoms with van der Waals surface area (Å²) in [6.07, 6.45) is 3.61. The SMILES string of the molecule is CCOC(=O)COC(=O)c1c2c(nc3ccccc13)/C(=C/c1ccccc1)CC2. The lowest BCUT2D eigenvalue weighted by Crippen LogP contribution is -2.18. The van der Waals surface area contributed by atoms with E-state index in [4.69, 9.17) is 14.5 Å². The van der Waals surface area contributed by atoms with Crippen LogP contribution in [0.4, 0.5) is 0 Å². The van der Waals surface area contributed by atoms with Crippen LogP contribution in [0.1, 0.15) is 40.5 Å². The summed E-state index contributed by atoms with van der Waals surface area (Å²) in [6, 6.07) is 17.6. The highest BCUT2D eigenvalue weighted by Gasteiger charge is 2.28. The van der Waals surface area contributed by atoms with Gasteiger partial charge in [-0.15, -0.1) is 0 Å². The maximum Gasteiger partial charge on any atom is 0.344 e. The third-order valence-electron chi connectivity index (χ3n) is 4.91. The molecule has 0 amide bonds. The summed E-state index contributed by atoms with van der Waals surface area (Å²) >= 11 is 0. The molecule has 0 radical (unpaired) electrons. The zero-order chi connectivity index (χ0) is 20.2. The third-order valence-corrected chi connectivity index (χ3v) is 4.91. The van der Waals surface area contributed by atoms with E-state index in [0.29, 0.717) is 12.0 Å². The number of pyridine rings is 1. The Morgan fingerprint density at radius 1 is 1.00 bits per heavy atom. The fourth-order valence-corrected chi connectivity index (χ4v) is 3.66. The normalized spacial score (nSPS) is 14.0. The van der Waals surface area contributed by atoms with E-state index in [0.717, 1.165) is 39.7 Å². The Morgan fingerprint density at radius 2 is 1.76 bits per heavy atom. The molecule has 146 valence electrons. The molecule has 1 aromatic heterocycles. The van der Waals surface area contributed by atoms with Crippen molar-refractivity contribution in [1.29, 1.82) is 0 Å². The monoisotopic (exact) mass is 387 g/mol. The second-order valence-electron chi connectivity index (χ2n) is 6.79. The Labute approximate surface area is 169 Å². The van der Waals surface area contributed by atoms with Gasteiger partial charge in [0.15, 0.2) is 6.61 Å². The average molecular weight is 387 g/mol. The van der Waals surface area contributed by atoms with Crippen LogP contribution in [0.15, 0.2) is 54.6 Å². The predicted octanol–water partition coefficient (Wildman–Crippen LogP) is 4.44. The van der Waals surface area contributed by atoms with Crippen LogP contribution in [0.3, 0.4) is 0 Å². The molecule has 0 saturated heterocycles. The van der Waals surface area contributed by atoms with E-state index in [1.807, 2.05) is 54.6 Å². The van der Waals surface area contributed by atoms with Crippen molar-refractivity contribution in [2.24, 2.45) is 0 Å². The first-order chi connectivity index (χ1) is 14.2. The molecule has 0 spiro atoms. The maximum atomic E-state index is 12.9. The number of benzene rings is 2. The number of para-hydroxylation sites is 1. The molecule has 0 bridgehead atoms. The van der Waals surface area contributed by atoms with Gasteiger partial charge in [-0.2, -0.15) is 0 Å². The molecule has 2 aromatic carbocycles. The summed E-state index contributed by atoms with van der Waals surface area (Å²) in [4.78, 5) is 29.4. The highest BCUT2D eigenvalue weighted by Crippen LogP contribution is 2.37. The molecule has 0 saturated carbocycles.